The lowest BCUT2D eigenvalue weighted by Gasteiger charge is -2.44. The van der Waals surface area contributed by atoms with Crippen LogP contribution in [0.2, 0.25) is 0 Å². The molecule has 0 saturated carbocycles. The standard InChI is InChI=1S/C16H27N3/c1-13-10-18-15(16(2,3)4)12-19(13)9-7-14-6-5-8-17-11-14/h5-6,8,11,13,15,18H,7,9-10,12H2,1-4H3. The molecule has 0 amide bonds. The van der Waals surface area contributed by atoms with E-state index in [1.165, 1.54) is 5.56 Å². The number of aromatic nitrogens is 1. The average molecular weight is 261 g/mol. The molecule has 3 heteroatoms. The Balaban J connectivity index is 1.91. The van der Waals surface area contributed by atoms with Crippen molar-refractivity contribution in [3.8, 4) is 0 Å². The summed E-state index contributed by atoms with van der Waals surface area (Å²) in [6.07, 6.45) is 4.91. The maximum absolute atomic E-state index is 4.19. The van der Waals surface area contributed by atoms with Crippen LogP contribution >= 0.6 is 0 Å². The molecule has 1 aliphatic heterocycles. The fourth-order valence-corrected chi connectivity index (χ4v) is 2.63. The summed E-state index contributed by atoms with van der Waals surface area (Å²) in [5, 5.41) is 3.68. The zero-order chi connectivity index (χ0) is 13.9. The van der Waals surface area contributed by atoms with E-state index in [-0.39, 0.29) is 0 Å². The molecule has 3 nitrogen and oxygen atoms in total. The Bertz CT molecular complexity index is 383. The molecule has 1 aromatic rings. The van der Waals surface area contributed by atoms with Crippen LogP contribution in [0.3, 0.4) is 0 Å². The zero-order valence-corrected chi connectivity index (χ0v) is 12.7. The van der Waals surface area contributed by atoms with Gasteiger partial charge in [-0.15, -0.1) is 0 Å². The van der Waals surface area contributed by atoms with Crippen molar-refractivity contribution in [1.29, 1.82) is 0 Å². The van der Waals surface area contributed by atoms with E-state index in [1.807, 2.05) is 18.5 Å². The molecule has 0 bridgehead atoms. The Morgan fingerprint density at radius 2 is 2.21 bits per heavy atom. The smallest absolute Gasteiger partial charge is 0.0300 e. The molecule has 1 N–H and O–H groups in total. The van der Waals surface area contributed by atoms with Gasteiger partial charge in [-0.25, -0.2) is 0 Å². The van der Waals surface area contributed by atoms with Gasteiger partial charge in [-0.05, 0) is 30.4 Å². The molecule has 19 heavy (non-hydrogen) atoms. The maximum Gasteiger partial charge on any atom is 0.0300 e. The molecule has 2 unspecified atom stereocenters. The summed E-state index contributed by atoms with van der Waals surface area (Å²) in [6, 6.07) is 5.39. The summed E-state index contributed by atoms with van der Waals surface area (Å²) in [7, 11) is 0. The Morgan fingerprint density at radius 3 is 2.84 bits per heavy atom. The van der Waals surface area contributed by atoms with Crippen molar-refractivity contribution < 1.29 is 0 Å². The lowest BCUT2D eigenvalue weighted by Crippen LogP contribution is -2.59. The van der Waals surface area contributed by atoms with Gasteiger partial charge in [0.15, 0.2) is 0 Å². The fraction of sp³-hybridized carbons (Fsp3) is 0.688. The van der Waals surface area contributed by atoms with E-state index in [9.17, 15) is 0 Å². The minimum Gasteiger partial charge on any atom is -0.311 e. The number of hydrogen-bond donors (Lipinski definition) is 1. The first kappa shape index (κ1) is 14.5. The Morgan fingerprint density at radius 1 is 1.42 bits per heavy atom. The highest BCUT2D eigenvalue weighted by atomic mass is 15.2. The van der Waals surface area contributed by atoms with Crippen LogP contribution in [0, 0.1) is 5.41 Å². The summed E-state index contributed by atoms with van der Waals surface area (Å²) in [5.74, 6) is 0. The van der Waals surface area contributed by atoms with Crippen LogP contribution in [-0.2, 0) is 6.42 Å². The van der Waals surface area contributed by atoms with Crippen LogP contribution in [0.4, 0.5) is 0 Å². The van der Waals surface area contributed by atoms with E-state index in [0.29, 0.717) is 17.5 Å². The summed E-state index contributed by atoms with van der Waals surface area (Å²) in [6.45, 7) is 12.6. The molecule has 0 aliphatic carbocycles. The van der Waals surface area contributed by atoms with E-state index < -0.39 is 0 Å². The SMILES string of the molecule is CC1CNC(C(C)(C)C)CN1CCc1cccnc1. The predicted octanol–water partition coefficient (Wildman–Crippen LogP) is 2.33. The zero-order valence-electron chi connectivity index (χ0n) is 12.7. The molecule has 2 heterocycles. The lowest BCUT2D eigenvalue weighted by atomic mass is 9.84. The lowest BCUT2D eigenvalue weighted by molar-refractivity contribution is 0.0948. The van der Waals surface area contributed by atoms with E-state index in [1.54, 1.807) is 0 Å². The second-order valence-corrected chi connectivity index (χ2v) is 6.78. The quantitative estimate of drug-likeness (QED) is 0.905. The molecule has 106 valence electrons. The highest BCUT2D eigenvalue weighted by Gasteiger charge is 2.31. The van der Waals surface area contributed by atoms with Crippen LogP contribution < -0.4 is 5.32 Å². The molecule has 2 rings (SSSR count). The van der Waals surface area contributed by atoms with Crippen LogP contribution in [0.5, 0.6) is 0 Å². The molecule has 0 aromatic carbocycles. The summed E-state index contributed by atoms with van der Waals surface area (Å²) in [5.41, 5.74) is 1.66. The van der Waals surface area contributed by atoms with Gasteiger partial charge < -0.3 is 5.32 Å². The van der Waals surface area contributed by atoms with Crippen LogP contribution in [0.1, 0.15) is 33.3 Å². The number of nitrogens with one attached hydrogen (secondary N) is 1. The van der Waals surface area contributed by atoms with Crippen molar-refractivity contribution in [2.75, 3.05) is 19.6 Å². The predicted molar refractivity (Wildman–Crippen MR) is 80.2 cm³/mol. The maximum atomic E-state index is 4.19. The van der Waals surface area contributed by atoms with Gasteiger partial charge in [0.25, 0.3) is 0 Å². The van der Waals surface area contributed by atoms with Gasteiger partial charge in [-0.1, -0.05) is 26.8 Å². The second kappa shape index (κ2) is 6.02. The number of hydrogen-bond acceptors (Lipinski definition) is 3. The van der Waals surface area contributed by atoms with Gasteiger partial charge in [0.05, 0.1) is 0 Å². The molecular formula is C16H27N3. The monoisotopic (exact) mass is 261 g/mol. The minimum atomic E-state index is 0.326. The van der Waals surface area contributed by atoms with Crippen LogP contribution in [0.15, 0.2) is 24.5 Å². The molecule has 1 aromatic heterocycles. The summed E-state index contributed by atoms with van der Waals surface area (Å²) in [4.78, 5) is 6.80. The van der Waals surface area contributed by atoms with E-state index >= 15 is 0 Å². The third-order valence-corrected chi connectivity index (χ3v) is 4.16. The van der Waals surface area contributed by atoms with Crippen molar-refractivity contribution in [2.45, 2.75) is 46.2 Å². The molecule has 1 aliphatic rings. The molecule has 0 radical (unpaired) electrons. The number of nitrogens with zero attached hydrogens (tertiary/aromatic N) is 2. The Kier molecular flexibility index (Phi) is 4.58. The molecule has 1 fully saturated rings. The summed E-state index contributed by atoms with van der Waals surface area (Å²) >= 11 is 0. The third kappa shape index (κ3) is 4.02. The third-order valence-electron chi connectivity index (χ3n) is 4.16. The second-order valence-electron chi connectivity index (χ2n) is 6.78. The number of rotatable bonds is 3. The van der Waals surface area contributed by atoms with Crippen molar-refractivity contribution in [2.24, 2.45) is 5.41 Å². The van der Waals surface area contributed by atoms with E-state index in [4.69, 9.17) is 0 Å². The van der Waals surface area contributed by atoms with Crippen molar-refractivity contribution >= 4 is 0 Å². The Hall–Kier alpha value is -0.930. The van der Waals surface area contributed by atoms with Crippen molar-refractivity contribution in [3.05, 3.63) is 30.1 Å². The highest BCUT2D eigenvalue weighted by molar-refractivity contribution is 5.09. The van der Waals surface area contributed by atoms with Gasteiger partial charge in [0, 0.05) is 44.1 Å². The van der Waals surface area contributed by atoms with Crippen molar-refractivity contribution in [1.82, 2.24) is 15.2 Å². The van der Waals surface area contributed by atoms with Gasteiger partial charge in [0.2, 0.25) is 0 Å². The van der Waals surface area contributed by atoms with Crippen LogP contribution in [0.25, 0.3) is 0 Å². The van der Waals surface area contributed by atoms with Crippen LogP contribution in [-0.4, -0.2) is 41.6 Å². The average Bonchev–Trinajstić information content (AvgIpc) is 2.37. The van der Waals surface area contributed by atoms with Gasteiger partial charge in [0.1, 0.15) is 0 Å². The molecule has 0 spiro atoms. The van der Waals surface area contributed by atoms with Gasteiger partial charge in [-0.2, -0.15) is 0 Å². The largest absolute Gasteiger partial charge is 0.311 e. The van der Waals surface area contributed by atoms with E-state index in [2.05, 4.69) is 49.0 Å². The topological polar surface area (TPSA) is 28.2 Å². The van der Waals surface area contributed by atoms with Crippen molar-refractivity contribution in [3.63, 3.8) is 0 Å². The normalized spacial score (nSPS) is 25.5. The molecule has 1 saturated heterocycles. The van der Waals surface area contributed by atoms with Gasteiger partial charge in [-0.3, -0.25) is 9.88 Å². The van der Waals surface area contributed by atoms with Gasteiger partial charge >= 0.3 is 0 Å². The number of piperazine rings is 1. The highest BCUT2D eigenvalue weighted by Crippen LogP contribution is 2.23. The molecular weight excluding hydrogens is 234 g/mol. The first-order valence-electron chi connectivity index (χ1n) is 7.33. The minimum absolute atomic E-state index is 0.326. The first-order chi connectivity index (χ1) is 8.97. The van der Waals surface area contributed by atoms with E-state index in [0.717, 1.165) is 26.1 Å². The fourth-order valence-electron chi connectivity index (χ4n) is 2.63. The number of pyridine rings is 1. The first-order valence-corrected chi connectivity index (χ1v) is 7.33. The Labute approximate surface area is 117 Å². The molecule has 2 atom stereocenters. The summed E-state index contributed by atoms with van der Waals surface area (Å²) < 4.78 is 0.